The number of urea groups is 1. The fourth-order valence-corrected chi connectivity index (χ4v) is 4.74. The second kappa shape index (κ2) is 6.55. The van der Waals surface area contributed by atoms with E-state index in [0.29, 0.717) is 24.7 Å². The maximum Gasteiger partial charge on any atom is 0.321 e. The summed E-state index contributed by atoms with van der Waals surface area (Å²) in [5, 5.41) is 3.07. The molecule has 1 atom stereocenters. The van der Waals surface area contributed by atoms with Crippen LogP contribution in [0.5, 0.6) is 0 Å². The minimum Gasteiger partial charge on any atom is -0.366 e. The lowest BCUT2D eigenvalue weighted by atomic mass is 10.1. The molecule has 0 saturated carbocycles. The molecule has 2 aromatic carbocycles. The maximum absolute atomic E-state index is 13.0. The van der Waals surface area contributed by atoms with E-state index in [4.69, 9.17) is 0 Å². The first-order valence-corrected chi connectivity index (χ1v) is 9.89. The van der Waals surface area contributed by atoms with Crippen LogP contribution >= 0.6 is 0 Å². The van der Waals surface area contributed by atoms with Crippen LogP contribution in [0.1, 0.15) is 27.9 Å². The van der Waals surface area contributed by atoms with Crippen molar-refractivity contribution in [2.75, 3.05) is 36.9 Å². The molecule has 144 valence electrons. The van der Waals surface area contributed by atoms with E-state index in [1.165, 1.54) is 11.3 Å². The normalized spacial score (nSPS) is 20.5. The molecule has 0 aliphatic carbocycles. The van der Waals surface area contributed by atoms with Gasteiger partial charge in [0.2, 0.25) is 0 Å². The van der Waals surface area contributed by atoms with Crippen molar-refractivity contribution in [2.45, 2.75) is 25.4 Å². The molecule has 6 heteroatoms. The van der Waals surface area contributed by atoms with Crippen molar-refractivity contribution in [3.63, 3.8) is 0 Å². The first-order valence-electron chi connectivity index (χ1n) is 9.89. The van der Waals surface area contributed by atoms with E-state index >= 15 is 0 Å². The van der Waals surface area contributed by atoms with Gasteiger partial charge in [0.1, 0.15) is 0 Å². The summed E-state index contributed by atoms with van der Waals surface area (Å²) >= 11 is 0. The van der Waals surface area contributed by atoms with Crippen LogP contribution in [0.2, 0.25) is 0 Å². The molecule has 1 N–H and O–H groups in total. The summed E-state index contributed by atoms with van der Waals surface area (Å²) in [7, 11) is 1.79. The maximum atomic E-state index is 13.0. The van der Waals surface area contributed by atoms with E-state index in [2.05, 4.69) is 34.5 Å². The highest BCUT2D eigenvalue weighted by molar-refractivity contribution is 6.01. The van der Waals surface area contributed by atoms with Crippen LogP contribution in [0, 0.1) is 0 Å². The van der Waals surface area contributed by atoms with Crippen LogP contribution in [0.15, 0.2) is 42.5 Å². The lowest BCUT2D eigenvalue weighted by molar-refractivity contribution is 0.0816. The van der Waals surface area contributed by atoms with Crippen molar-refractivity contribution in [3.05, 3.63) is 59.2 Å². The number of hydrogen-bond acceptors (Lipinski definition) is 3. The summed E-state index contributed by atoms with van der Waals surface area (Å²) in [5.74, 6) is 0.0141. The fourth-order valence-electron chi connectivity index (χ4n) is 4.74. The zero-order valence-electron chi connectivity index (χ0n) is 16.0. The van der Waals surface area contributed by atoms with Gasteiger partial charge in [-0.25, -0.2) is 4.79 Å². The molecule has 2 aromatic rings. The number of rotatable bonds is 1. The Labute approximate surface area is 164 Å². The number of anilines is 2. The van der Waals surface area contributed by atoms with E-state index in [1.54, 1.807) is 11.9 Å². The molecule has 0 bridgehead atoms. The topological polar surface area (TPSA) is 55.9 Å². The standard InChI is InChI=1S/C22H24N4O2/c1-24-14-18-17(21(24)27)7-4-8-19(18)23-22(28)25-10-5-11-26-16(13-25)12-15-6-2-3-9-20(15)26/h2-4,6-9,16H,5,10-14H2,1H3,(H,23,28). The minimum absolute atomic E-state index is 0.0141. The quantitative estimate of drug-likeness (QED) is 0.833. The van der Waals surface area contributed by atoms with Gasteiger partial charge in [0.15, 0.2) is 0 Å². The van der Waals surface area contributed by atoms with Crippen LogP contribution in [-0.2, 0) is 13.0 Å². The van der Waals surface area contributed by atoms with E-state index in [0.717, 1.165) is 37.2 Å². The van der Waals surface area contributed by atoms with Gasteiger partial charge in [-0.2, -0.15) is 0 Å². The van der Waals surface area contributed by atoms with E-state index in [1.807, 2.05) is 23.1 Å². The molecule has 0 spiro atoms. The SMILES string of the molecule is CN1Cc2c(NC(=O)N3CCCN4c5ccccc5CC4C3)cccc2C1=O. The van der Waals surface area contributed by atoms with Gasteiger partial charge in [0.25, 0.3) is 5.91 Å². The van der Waals surface area contributed by atoms with Crippen LogP contribution in [0.25, 0.3) is 0 Å². The number of amides is 3. The summed E-state index contributed by atoms with van der Waals surface area (Å²) in [6.07, 6.45) is 1.94. The first-order chi connectivity index (χ1) is 13.6. The average Bonchev–Trinajstić information content (AvgIpc) is 3.10. The third kappa shape index (κ3) is 2.71. The van der Waals surface area contributed by atoms with Gasteiger partial charge < -0.3 is 20.0 Å². The zero-order chi connectivity index (χ0) is 19.3. The minimum atomic E-state index is -0.0757. The molecule has 3 heterocycles. The van der Waals surface area contributed by atoms with Crippen LogP contribution < -0.4 is 10.2 Å². The van der Waals surface area contributed by atoms with Crippen LogP contribution in [0.3, 0.4) is 0 Å². The van der Waals surface area contributed by atoms with Crippen molar-refractivity contribution in [1.29, 1.82) is 0 Å². The van der Waals surface area contributed by atoms with E-state index in [9.17, 15) is 9.59 Å². The molecular formula is C22H24N4O2. The number of para-hydroxylation sites is 1. The number of fused-ring (bicyclic) bond motifs is 4. The Kier molecular flexibility index (Phi) is 4.00. The number of benzene rings is 2. The summed E-state index contributed by atoms with van der Waals surface area (Å²) in [5.41, 5.74) is 5.03. The van der Waals surface area contributed by atoms with Gasteiger partial charge in [-0.3, -0.25) is 4.79 Å². The Morgan fingerprint density at radius 1 is 1.11 bits per heavy atom. The Balaban J connectivity index is 1.33. The number of carbonyl (C=O) groups excluding carboxylic acids is 2. The van der Waals surface area contributed by atoms with Gasteiger partial charge in [-0.15, -0.1) is 0 Å². The predicted octanol–water partition coefficient (Wildman–Crippen LogP) is 2.94. The molecule has 6 nitrogen and oxygen atoms in total. The van der Waals surface area contributed by atoms with Gasteiger partial charge in [-0.1, -0.05) is 24.3 Å². The molecule has 3 aliphatic rings. The Morgan fingerprint density at radius 3 is 2.86 bits per heavy atom. The Bertz CT molecular complexity index is 957. The molecule has 1 saturated heterocycles. The number of hydrogen-bond donors (Lipinski definition) is 1. The third-order valence-electron chi connectivity index (χ3n) is 6.13. The fraction of sp³-hybridized carbons (Fsp3) is 0.364. The second-order valence-electron chi connectivity index (χ2n) is 7.90. The summed E-state index contributed by atoms with van der Waals surface area (Å²) in [4.78, 5) is 31.3. The molecule has 3 amide bonds. The Hall–Kier alpha value is -3.02. The van der Waals surface area contributed by atoms with Gasteiger partial charge in [0, 0.05) is 55.7 Å². The lowest BCUT2D eigenvalue weighted by Gasteiger charge is -2.27. The molecular weight excluding hydrogens is 352 g/mol. The zero-order valence-corrected chi connectivity index (χ0v) is 16.0. The number of nitrogens with one attached hydrogen (secondary N) is 1. The molecule has 0 aromatic heterocycles. The summed E-state index contributed by atoms with van der Waals surface area (Å²) in [6.45, 7) is 2.98. The van der Waals surface area contributed by atoms with Crippen LogP contribution in [-0.4, -0.2) is 54.5 Å². The van der Waals surface area contributed by atoms with Crippen molar-refractivity contribution in [3.8, 4) is 0 Å². The van der Waals surface area contributed by atoms with Crippen molar-refractivity contribution in [2.24, 2.45) is 0 Å². The monoisotopic (exact) mass is 376 g/mol. The van der Waals surface area contributed by atoms with Crippen molar-refractivity contribution >= 4 is 23.3 Å². The van der Waals surface area contributed by atoms with E-state index in [-0.39, 0.29) is 11.9 Å². The highest BCUT2D eigenvalue weighted by Gasteiger charge is 2.34. The molecule has 3 aliphatic heterocycles. The number of nitrogens with zero attached hydrogens (tertiary/aromatic N) is 3. The average molecular weight is 376 g/mol. The van der Waals surface area contributed by atoms with Crippen molar-refractivity contribution in [1.82, 2.24) is 9.80 Å². The lowest BCUT2D eigenvalue weighted by Crippen LogP contribution is -2.43. The highest BCUT2D eigenvalue weighted by atomic mass is 16.2. The first kappa shape index (κ1) is 17.1. The third-order valence-corrected chi connectivity index (χ3v) is 6.13. The highest BCUT2D eigenvalue weighted by Crippen LogP contribution is 2.34. The molecule has 28 heavy (non-hydrogen) atoms. The molecule has 1 unspecified atom stereocenters. The molecule has 0 radical (unpaired) electrons. The smallest absolute Gasteiger partial charge is 0.321 e. The molecule has 5 rings (SSSR count). The van der Waals surface area contributed by atoms with Crippen molar-refractivity contribution < 1.29 is 9.59 Å². The van der Waals surface area contributed by atoms with Gasteiger partial charge in [-0.05, 0) is 36.6 Å². The largest absolute Gasteiger partial charge is 0.366 e. The van der Waals surface area contributed by atoms with Crippen LogP contribution in [0.4, 0.5) is 16.2 Å². The van der Waals surface area contributed by atoms with Gasteiger partial charge >= 0.3 is 6.03 Å². The Morgan fingerprint density at radius 2 is 1.96 bits per heavy atom. The summed E-state index contributed by atoms with van der Waals surface area (Å²) < 4.78 is 0. The summed E-state index contributed by atoms with van der Waals surface area (Å²) in [6, 6.07) is 14.4. The van der Waals surface area contributed by atoms with Gasteiger partial charge in [0.05, 0.1) is 6.04 Å². The second-order valence-corrected chi connectivity index (χ2v) is 7.90. The predicted molar refractivity (Wildman–Crippen MR) is 109 cm³/mol. The number of carbonyl (C=O) groups is 2. The van der Waals surface area contributed by atoms with E-state index < -0.39 is 0 Å². The molecule has 1 fully saturated rings.